The Morgan fingerprint density at radius 3 is 2.00 bits per heavy atom. The summed E-state index contributed by atoms with van der Waals surface area (Å²) in [7, 11) is 0. The molecule has 1 spiro atoms. The molecule has 0 aliphatic carbocycles. The Kier molecular flexibility index (Phi) is 2.25. The summed E-state index contributed by atoms with van der Waals surface area (Å²) >= 11 is 1.28. The van der Waals surface area contributed by atoms with Crippen molar-refractivity contribution in [2.45, 2.75) is 12.8 Å². The topological polar surface area (TPSA) is 3.24 Å². The summed E-state index contributed by atoms with van der Waals surface area (Å²) in [6, 6.07) is 0. The minimum atomic E-state index is 1.28. The smallest absolute Gasteiger partial charge is 0.322 e. The van der Waals surface area contributed by atoms with E-state index in [1.807, 2.05) is 0 Å². The van der Waals surface area contributed by atoms with Gasteiger partial charge in [0.2, 0.25) is 0 Å². The molecule has 2 heterocycles. The molecule has 11 heavy (non-hydrogen) atoms. The number of rotatable bonds is 0. The van der Waals surface area contributed by atoms with E-state index in [1.54, 1.807) is 0 Å². The molecule has 0 radical (unpaired) electrons. The fraction of sp³-hybridized carbons (Fsp3) is 1.00. The lowest BCUT2D eigenvalue weighted by atomic mass is 10.3. The first-order chi connectivity index (χ1) is 5.31. The summed E-state index contributed by atoms with van der Waals surface area (Å²) in [5.41, 5.74) is 0. The highest BCUT2D eigenvalue weighted by Gasteiger charge is 2.34. The second-order valence-electron chi connectivity index (χ2n) is 4.25. The van der Waals surface area contributed by atoms with E-state index in [9.17, 15) is 0 Å². The van der Waals surface area contributed by atoms with Crippen molar-refractivity contribution in [3.63, 3.8) is 0 Å². The lowest BCUT2D eigenvalue weighted by Gasteiger charge is -2.41. The first-order valence-corrected chi connectivity index (χ1v) is 5.74. The van der Waals surface area contributed by atoms with Gasteiger partial charge in [-0.1, -0.05) is 0 Å². The summed E-state index contributed by atoms with van der Waals surface area (Å²) in [4.78, 5) is 0. The number of piperazine rings is 1. The molecular weight excluding hydrogens is 151 g/mol. The van der Waals surface area contributed by atoms with Gasteiger partial charge in [0.1, 0.15) is 0 Å². The van der Waals surface area contributed by atoms with Gasteiger partial charge in [0.15, 0.2) is 0 Å². The summed E-state index contributed by atoms with van der Waals surface area (Å²) < 4.78 is 4.07. The highest BCUT2D eigenvalue weighted by atomic mass is 27.1. The van der Waals surface area contributed by atoms with Gasteiger partial charge in [-0.15, -0.1) is 0 Å². The van der Waals surface area contributed by atoms with Crippen LogP contribution in [0.25, 0.3) is 0 Å². The van der Waals surface area contributed by atoms with Crippen LogP contribution in [0.5, 0.6) is 0 Å². The Morgan fingerprint density at radius 2 is 1.45 bits per heavy atom. The predicted molar refractivity (Wildman–Crippen MR) is 49.1 cm³/mol. The van der Waals surface area contributed by atoms with E-state index < -0.39 is 0 Å². The van der Waals surface area contributed by atoms with E-state index in [4.69, 9.17) is 0 Å². The summed E-state index contributed by atoms with van der Waals surface area (Å²) in [5, 5.41) is 0. The molecule has 2 saturated heterocycles. The minimum Gasteiger partial charge on any atom is -0.381 e. The maximum atomic E-state index is 2.60. The van der Waals surface area contributed by atoms with Gasteiger partial charge in [0.25, 0.3) is 0 Å². The Hall–Kier alpha value is 0.452. The van der Waals surface area contributed by atoms with Crippen molar-refractivity contribution < 1.29 is 4.48 Å². The van der Waals surface area contributed by atoms with Crippen LogP contribution in [0.3, 0.4) is 0 Å². The molecule has 2 fully saturated rings. The molecule has 62 valence electrons. The van der Waals surface area contributed by atoms with Crippen LogP contribution >= 0.6 is 0 Å². The van der Waals surface area contributed by atoms with Crippen molar-refractivity contribution in [1.82, 2.24) is 3.88 Å². The molecule has 0 amide bonds. The number of hydrogen-bond donors (Lipinski definition) is 0. The molecule has 3 heteroatoms. The average molecular weight is 169 g/mol. The van der Waals surface area contributed by atoms with Crippen molar-refractivity contribution in [2.24, 2.45) is 0 Å². The van der Waals surface area contributed by atoms with Crippen LogP contribution in [-0.2, 0) is 0 Å². The first kappa shape index (κ1) is 8.07. The Balaban J connectivity index is 1.94. The van der Waals surface area contributed by atoms with E-state index in [1.165, 1.54) is 73.1 Å². The van der Waals surface area contributed by atoms with Gasteiger partial charge in [0.05, 0.1) is 26.2 Å². The molecule has 0 aromatic rings. The van der Waals surface area contributed by atoms with Crippen molar-refractivity contribution in [3.8, 4) is 0 Å². The van der Waals surface area contributed by atoms with Crippen LogP contribution in [0.4, 0.5) is 0 Å². The predicted octanol–water partition coefficient (Wildman–Crippen LogP) is -0.539. The third-order valence-corrected chi connectivity index (χ3v) is 4.32. The van der Waals surface area contributed by atoms with Gasteiger partial charge in [0, 0.05) is 25.9 Å². The Bertz CT molecular complexity index is 133. The van der Waals surface area contributed by atoms with E-state index in [2.05, 4.69) is 3.88 Å². The molecule has 0 N–H and O–H groups in total. The number of quaternary nitrogens is 1. The fourth-order valence-electron chi connectivity index (χ4n) is 2.44. The van der Waals surface area contributed by atoms with Crippen LogP contribution in [-0.4, -0.2) is 64.1 Å². The van der Waals surface area contributed by atoms with Crippen molar-refractivity contribution in [1.29, 1.82) is 0 Å². The maximum absolute atomic E-state index is 2.60. The maximum Gasteiger partial charge on any atom is 0.322 e. The molecule has 0 unspecified atom stereocenters. The summed E-state index contributed by atoms with van der Waals surface area (Å²) in [6.07, 6.45) is 2.97. The average Bonchev–Trinajstić information content (AvgIpc) is 2.45. The zero-order chi connectivity index (χ0) is 7.73. The third-order valence-electron chi connectivity index (χ3n) is 3.43. The molecule has 2 aliphatic rings. The van der Waals surface area contributed by atoms with E-state index in [-0.39, 0.29) is 0 Å². The third kappa shape index (κ3) is 1.62. The van der Waals surface area contributed by atoms with E-state index >= 15 is 0 Å². The van der Waals surface area contributed by atoms with Crippen LogP contribution < -0.4 is 0 Å². The van der Waals surface area contributed by atoms with Crippen LogP contribution in [0.1, 0.15) is 12.8 Å². The standard InChI is InChI=1S/C8H16N2.Al.2H/c1-2-6-10(5-1)7-3-9-4-8-10;;;/h1-8H2;;;/q;+1;;. The summed E-state index contributed by atoms with van der Waals surface area (Å²) in [6.45, 7) is 8.62. The van der Waals surface area contributed by atoms with Crippen molar-refractivity contribution >= 4 is 16.5 Å². The second-order valence-corrected chi connectivity index (χ2v) is 5.51. The largest absolute Gasteiger partial charge is 0.381 e. The molecule has 0 saturated carbocycles. The molecule has 0 aromatic heterocycles. The normalized spacial score (nSPS) is 31.3. The lowest BCUT2D eigenvalue weighted by molar-refractivity contribution is -0.920. The molecule has 0 bridgehead atoms. The molecule has 0 atom stereocenters. The number of hydrogen-bond acceptors (Lipinski definition) is 1. The summed E-state index contributed by atoms with van der Waals surface area (Å²) in [5.74, 6) is 0. The fourth-order valence-corrected chi connectivity index (χ4v) is 2.84. The Labute approximate surface area is 77.4 Å². The van der Waals surface area contributed by atoms with E-state index in [0.29, 0.717) is 0 Å². The van der Waals surface area contributed by atoms with Crippen LogP contribution in [0.2, 0.25) is 0 Å². The van der Waals surface area contributed by atoms with Gasteiger partial charge in [-0.3, -0.25) is 0 Å². The van der Waals surface area contributed by atoms with Gasteiger partial charge < -0.3 is 8.37 Å². The zero-order valence-corrected chi connectivity index (χ0v) is 9.55. The SMILES string of the molecule is [AlH2][N]1CC[N+]2(CCCC2)CC1. The highest BCUT2D eigenvalue weighted by Crippen LogP contribution is 2.21. The minimum absolute atomic E-state index is 1.28. The lowest BCUT2D eigenvalue weighted by Crippen LogP contribution is -2.57. The zero-order valence-electron chi connectivity index (χ0n) is 7.55. The molecule has 2 nitrogen and oxygen atoms in total. The van der Waals surface area contributed by atoms with Crippen LogP contribution in [0.15, 0.2) is 0 Å². The van der Waals surface area contributed by atoms with Crippen molar-refractivity contribution in [3.05, 3.63) is 0 Å². The Morgan fingerprint density at radius 1 is 0.909 bits per heavy atom. The monoisotopic (exact) mass is 169 g/mol. The number of nitrogens with zero attached hydrogens (tertiary/aromatic N) is 2. The van der Waals surface area contributed by atoms with E-state index in [0.717, 1.165) is 0 Å². The molecular formula is C8H18AlN2+. The van der Waals surface area contributed by atoms with Gasteiger partial charge in [-0.2, -0.15) is 0 Å². The quantitative estimate of drug-likeness (QED) is 0.348. The first-order valence-electron chi connectivity index (χ1n) is 4.84. The van der Waals surface area contributed by atoms with Gasteiger partial charge in [-0.25, -0.2) is 0 Å². The molecule has 2 rings (SSSR count). The highest BCUT2D eigenvalue weighted by molar-refractivity contribution is 6.04. The van der Waals surface area contributed by atoms with Crippen LogP contribution in [0, 0.1) is 0 Å². The second kappa shape index (κ2) is 3.07. The van der Waals surface area contributed by atoms with Crippen molar-refractivity contribution in [2.75, 3.05) is 39.3 Å². The molecule has 0 aromatic carbocycles. The van der Waals surface area contributed by atoms with Gasteiger partial charge in [-0.05, 0) is 0 Å². The van der Waals surface area contributed by atoms with Gasteiger partial charge >= 0.3 is 16.5 Å². The molecule has 2 aliphatic heterocycles.